The molecule has 2 aromatic rings. The van der Waals surface area contributed by atoms with Gasteiger partial charge in [-0.1, -0.05) is 12.1 Å². The third-order valence-electron chi connectivity index (χ3n) is 9.37. The second kappa shape index (κ2) is 12.2. The molecular formula is C31H34F3N5O5S. The molecule has 4 aliphatic rings. The Kier molecular flexibility index (Phi) is 8.46. The standard InChI is InChI=1S/C31H34F3N5O5S/c1-3-44-30(43)23-22(36-26(27-35-11-12-45-27)37-24(23)19-5-4-6-21(32)16(19)2)14-38-15-31(33,34)20-13-39(28(40)25(20)38)18-9-7-17(8-10-18)29(41)42/h4-6,11-12,17-18,20,24-25H,3,7-10,13-15H2,1-2H3,(H,36,37)(H,41,42). The SMILES string of the molecule is CCOC(=O)C1=C(CN2CC(F)(F)C3CN(C4CCC(C(=O)O)CC4)C(=O)C32)NC(c2nccs2)=NC1c1cccc(F)c1C. The van der Waals surface area contributed by atoms with Crippen LogP contribution in [0.2, 0.25) is 0 Å². The number of ether oxygens (including phenoxy) is 1. The highest BCUT2D eigenvalue weighted by molar-refractivity contribution is 7.11. The summed E-state index contributed by atoms with van der Waals surface area (Å²) in [6.45, 7) is 2.23. The predicted molar refractivity (Wildman–Crippen MR) is 158 cm³/mol. The minimum Gasteiger partial charge on any atom is -0.481 e. The number of aromatic nitrogens is 1. The van der Waals surface area contributed by atoms with Gasteiger partial charge in [0.05, 0.1) is 30.6 Å². The molecule has 1 aliphatic carbocycles. The number of amidine groups is 1. The lowest BCUT2D eigenvalue weighted by molar-refractivity contribution is -0.143. The molecule has 1 aromatic carbocycles. The minimum atomic E-state index is -3.18. The number of esters is 1. The Labute approximate surface area is 262 Å². The summed E-state index contributed by atoms with van der Waals surface area (Å²) in [7, 11) is 0. The Bertz CT molecular complexity index is 1560. The van der Waals surface area contributed by atoms with Crippen LogP contribution in [-0.2, 0) is 19.1 Å². The van der Waals surface area contributed by atoms with Crippen molar-refractivity contribution in [1.82, 2.24) is 20.1 Å². The molecule has 0 spiro atoms. The van der Waals surface area contributed by atoms with E-state index in [4.69, 9.17) is 9.73 Å². The van der Waals surface area contributed by atoms with Gasteiger partial charge in [-0.3, -0.25) is 19.5 Å². The molecule has 3 unspecified atom stereocenters. The maximum absolute atomic E-state index is 15.6. The number of rotatable bonds is 8. The lowest BCUT2D eigenvalue weighted by Gasteiger charge is -2.35. The van der Waals surface area contributed by atoms with Crippen molar-refractivity contribution < 1.29 is 37.4 Å². The number of alkyl halides is 2. The van der Waals surface area contributed by atoms with Crippen LogP contribution in [0.5, 0.6) is 0 Å². The number of nitrogens with zero attached hydrogens (tertiary/aromatic N) is 4. The summed E-state index contributed by atoms with van der Waals surface area (Å²) >= 11 is 1.28. The van der Waals surface area contributed by atoms with E-state index in [1.807, 2.05) is 0 Å². The average Bonchev–Trinajstić information content (AvgIpc) is 3.72. The van der Waals surface area contributed by atoms with E-state index in [2.05, 4.69) is 10.3 Å². The van der Waals surface area contributed by atoms with Crippen LogP contribution in [0.1, 0.15) is 54.8 Å². The van der Waals surface area contributed by atoms with Crippen LogP contribution >= 0.6 is 11.3 Å². The van der Waals surface area contributed by atoms with Crippen molar-refractivity contribution in [2.75, 3.05) is 26.2 Å². The fourth-order valence-corrected chi connectivity index (χ4v) is 7.68. The summed E-state index contributed by atoms with van der Waals surface area (Å²) in [6, 6.07) is 2.02. The molecule has 3 aliphatic heterocycles. The van der Waals surface area contributed by atoms with Crippen molar-refractivity contribution in [3.05, 3.63) is 63.0 Å². The third-order valence-corrected chi connectivity index (χ3v) is 10.1. The van der Waals surface area contributed by atoms with E-state index >= 15 is 8.78 Å². The van der Waals surface area contributed by atoms with E-state index in [9.17, 15) is 23.9 Å². The van der Waals surface area contributed by atoms with Gasteiger partial charge in [0.15, 0.2) is 10.8 Å². The van der Waals surface area contributed by atoms with E-state index in [1.165, 1.54) is 33.3 Å². The number of carboxylic acids is 1. The topological polar surface area (TPSA) is 124 Å². The van der Waals surface area contributed by atoms with Crippen molar-refractivity contribution in [2.24, 2.45) is 16.8 Å². The molecule has 4 heterocycles. The number of carboxylic acid groups (broad SMARTS) is 1. The number of thiazole rings is 1. The van der Waals surface area contributed by atoms with Gasteiger partial charge in [0.25, 0.3) is 5.92 Å². The molecule has 0 bridgehead atoms. The zero-order valence-electron chi connectivity index (χ0n) is 24.8. The molecule has 6 rings (SSSR count). The Morgan fingerprint density at radius 1 is 1.22 bits per heavy atom. The molecule has 1 saturated carbocycles. The smallest absolute Gasteiger partial charge is 0.338 e. The summed E-state index contributed by atoms with van der Waals surface area (Å²) in [6.07, 6.45) is 3.24. The highest BCUT2D eigenvalue weighted by Crippen LogP contribution is 2.46. The van der Waals surface area contributed by atoms with Gasteiger partial charge in [-0.05, 0) is 56.7 Å². The molecule has 2 N–H and O–H groups in total. The number of carbonyl (C=O) groups is 3. The number of carbonyl (C=O) groups excluding carboxylic acids is 2. The molecule has 2 saturated heterocycles. The maximum atomic E-state index is 15.6. The summed E-state index contributed by atoms with van der Waals surface area (Å²) in [5, 5.41) is 14.7. The molecule has 10 nitrogen and oxygen atoms in total. The maximum Gasteiger partial charge on any atom is 0.338 e. The van der Waals surface area contributed by atoms with Crippen molar-refractivity contribution in [2.45, 2.75) is 63.6 Å². The molecule has 1 amide bonds. The van der Waals surface area contributed by atoms with Crippen LogP contribution in [0.15, 0.2) is 46.0 Å². The largest absolute Gasteiger partial charge is 0.481 e. The van der Waals surface area contributed by atoms with Gasteiger partial charge in [-0.15, -0.1) is 11.3 Å². The normalized spacial score (nSPS) is 28.1. The molecule has 240 valence electrons. The second-order valence-corrected chi connectivity index (χ2v) is 12.9. The van der Waals surface area contributed by atoms with Crippen molar-refractivity contribution in [3.63, 3.8) is 0 Å². The van der Waals surface area contributed by atoms with E-state index in [-0.39, 0.29) is 42.6 Å². The molecule has 45 heavy (non-hydrogen) atoms. The lowest BCUT2D eigenvalue weighted by Crippen LogP contribution is -2.48. The first kappa shape index (κ1) is 31.2. The number of benzene rings is 1. The highest BCUT2D eigenvalue weighted by Gasteiger charge is 2.62. The van der Waals surface area contributed by atoms with Gasteiger partial charge in [-0.2, -0.15) is 0 Å². The molecule has 1 aromatic heterocycles. The van der Waals surface area contributed by atoms with Crippen LogP contribution in [-0.4, -0.2) is 87.8 Å². The zero-order valence-corrected chi connectivity index (χ0v) is 25.7. The van der Waals surface area contributed by atoms with Gasteiger partial charge in [-0.25, -0.2) is 22.9 Å². The summed E-state index contributed by atoms with van der Waals surface area (Å²) in [5.41, 5.74) is 0.967. The molecule has 3 fully saturated rings. The Morgan fingerprint density at radius 3 is 2.64 bits per heavy atom. The molecule has 0 radical (unpaired) electrons. The Balaban J connectivity index is 1.36. The van der Waals surface area contributed by atoms with Crippen LogP contribution in [0.25, 0.3) is 0 Å². The fourth-order valence-electron chi connectivity index (χ4n) is 7.09. The lowest BCUT2D eigenvalue weighted by atomic mass is 9.85. The Morgan fingerprint density at radius 2 is 1.98 bits per heavy atom. The van der Waals surface area contributed by atoms with Crippen LogP contribution in [0, 0.1) is 24.6 Å². The van der Waals surface area contributed by atoms with Gasteiger partial charge in [0.2, 0.25) is 5.91 Å². The number of hydrogen-bond donors (Lipinski definition) is 2. The van der Waals surface area contributed by atoms with E-state index in [0.717, 1.165) is 0 Å². The van der Waals surface area contributed by atoms with Gasteiger partial charge in [0, 0.05) is 36.4 Å². The highest BCUT2D eigenvalue weighted by atomic mass is 32.1. The number of fused-ring (bicyclic) bond motifs is 1. The zero-order chi connectivity index (χ0) is 32.0. The predicted octanol–water partition coefficient (Wildman–Crippen LogP) is 3.92. The average molecular weight is 646 g/mol. The number of hydrogen-bond acceptors (Lipinski definition) is 9. The van der Waals surface area contributed by atoms with E-state index in [1.54, 1.807) is 31.5 Å². The first-order valence-corrected chi connectivity index (χ1v) is 15.9. The Hall–Kier alpha value is -3.78. The van der Waals surface area contributed by atoms with E-state index in [0.29, 0.717) is 42.1 Å². The number of aliphatic imine (C=N–C) groups is 1. The quantitative estimate of drug-likeness (QED) is 0.414. The van der Waals surface area contributed by atoms with E-state index < -0.39 is 60.0 Å². The van der Waals surface area contributed by atoms with Crippen LogP contribution in [0.4, 0.5) is 13.2 Å². The molecular weight excluding hydrogens is 611 g/mol. The van der Waals surface area contributed by atoms with Gasteiger partial charge in [0.1, 0.15) is 17.9 Å². The summed E-state index contributed by atoms with van der Waals surface area (Å²) in [4.78, 5) is 50.8. The van der Waals surface area contributed by atoms with Crippen LogP contribution < -0.4 is 5.32 Å². The van der Waals surface area contributed by atoms with Crippen LogP contribution in [0.3, 0.4) is 0 Å². The first-order chi connectivity index (χ1) is 21.5. The van der Waals surface area contributed by atoms with Crippen molar-refractivity contribution in [3.8, 4) is 0 Å². The third kappa shape index (κ3) is 5.73. The summed E-state index contributed by atoms with van der Waals surface area (Å²) in [5.74, 6) is -7.16. The van der Waals surface area contributed by atoms with Crippen molar-refractivity contribution in [1.29, 1.82) is 0 Å². The second-order valence-electron chi connectivity index (χ2n) is 12.0. The fraction of sp³-hybridized carbons (Fsp3) is 0.516. The van der Waals surface area contributed by atoms with Gasteiger partial charge >= 0.3 is 11.9 Å². The van der Waals surface area contributed by atoms with Crippen molar-refractivity contribution >= 4 is 35.0 Å². The minimum absolute atomic E-state index is 0.0393. The monoisotopic (exact) mass is 645 g/mol. The first-order valence-electron chi connectivity index (χ1n) is 15.0. The number of amides is 1. The van der Waals surface area contributed by atoms with Gasteiger partial charge < -0.3 is 20.1 Å². The summed E-state index contributed by atoms with van der Waals surface area (Å²) < 4.78 is 51.4. The number of nitrogens with one attached hydrogen (secondary N) is 1. The molecule has 14 heteroatoms. The number of halogens is 3. The molecule has 3 atom stereocenters. The number of aliphatic carboxylic acids is 1. The number of likely N-dealkylation sites (tertiary alicyclic amines) is 2.